The second-order valence-electron chi connectivity index (χ2n) is 6.78. The van der Waals surface area contributed by atoms with E-state index < -0.39 is 5.91 Å². The fourth-order valence-corrected chi connectivity index (χ4v) is 3.05. The third-order valence-corrected chi connectivity index (χ3v) is 4.73. The van der Waals surface area contributed by atoms with Gasteiger partial charge in [-0.25, -0.2) is 9.97 Å². The summed E-state index contributed by atoms with van der Waals surface area (Å²) in [6.07, 6.45) is 5.31. The number of nitrogens with zero attached hydrogens (tertiary/aromatic N) is 3. The summed E-state index contributed by atoms with van der Waals surface area (Å²) < 4.78 is 12.1. The lowest BCUT2D eigenvalue weighted by Gasteiger charge is -2.12. The molecule has 8 nitrogen and oxygen atoms in total. The van der Waals surface area contributed by atoms with Crippen LogP contribution in [-0.4, -0.2) is 34.7 Å². The molecule has 0 atom stereocenters. The molecule has 0 bridgehead atoms. The van der Waals surface area contributed by atoms with E-state index in [0.29, 0.717) is 41.5 Å². The molecule has 8 heteroatoms. The Labute approximate surface area is 174 Å². The van der Waals surface area contributed by atoms with Crippen LogP contribution in [0.5, 0.6) is 11.5 Å². The lowest BCUT2D eigenvalue weighted by atomic mass is 10.1. The van der Waals surface area contributed by atoms with Gasteiger partial charge in [-0.1, -0.05) is 6.07 Å². The van der Waals surface area contributed by atoms with Gasteiger partial charge >= 0.3 is 0 Å². The number of pyridine rings is 1. The Bertz CT molecular complexity index is 1110. The molecule has 2 heterocycles. The largest absolute Gasteiger partial charge is 0.493 e. The van der Waals surface area contributed by atoms with Crippen LogP contribution in [0.3, 0.4) is 0 Å². The maximum absolute atomic E-state index is 12.9. The van der Waals surface area contributed by atoms with Gasteiger partial charge in [0.25, 0.3) is 11.5 Å². The van der Waals surface area contributed by atoms with Crippen LogP contribution in [0.4, 0.5) is 5.69 Å². The minimum Gasteiger partial charge on any atom is -0.493 e. The van der Waals surface area contributed by atoms with Gasteiger partial charge in [-0.15, -0.1) is 0 Å². The van der Waals surface area contributed by atoms with Gasteiger partial charge in [-0.2, -0.15) is 0 Å². The molecule has 3 rings (SSSR count). The Morgan fingerprint density at radius 3 is 2.43 bits per heavy atom. The molecule has 1 amide bonds. The summed E-state index contributed by atoms with van der Waals surface area (Å²) in [6.45, 7) is 3.91. The number of carbonyl (C=O) groups excluding carboxylic acids is 1. The number of hydrogen-bond acceptors (Lipinski definition) is 6. The molecule has 1 N–H and O–H groups in total. The van der Waals surface area contributed by atoms with Crippen LogP contribution in [0.2, 0.25) is 0 Å². The molecule has 0 aliphatic heterocycles. The van der Waals surface area contributed by atoms with E-state index in [1.54, 1.807) is 40.3 Å². The van der Waals surface area contributed by atoms with Crippen molar-refractivity contribution in [3.05, 3.63) is 75.7 Å². The third kappa shape index (κ3) is 4.65. The van der Waals surface area contributed by atoms with E-state index in [4.69, 9.17) is 9.47 Å². The minimum atomic E-state index is -0.481. The smallest absolute Gasteiger partial charge is 0.263 e. The monoisotopic (exact) mass is 408 g/mol. The number of rotatable bonds is 7. The molecule has 0 radical (unpaired) electrons. The van der Waals surface area contributed by atoms with Crippen molar-refractivity contribution in [2.24, 2.45) is 0 Å². The zero-order valence-corrected chi connectivity index (χ0v) is 17.4. The molecular weight excluding hydrogens is 384 g/mol. The van der Waals surface area contributed by atoms with Crippen molar-refractivity contribution in [2.75, 3.05) is 19.5 Å². The summed E-state index contributed by atoms with van der Waals surface area (Å²) in [5.41, 5.74) is 1.78. The van der Waals surface area contributed by atoms with Crippen LogP contribution in [-0.2, 0) is 13.0 Å². The van der Waals surface area contributed by atoms with Gasteiger partial charge in [0.2, 0.25) is 0 Å². The number of benzene rings is 1. The summed E-state index contributed by atoms with van der Waals surface area (Å²) in [5, 5.41) is 2.69. The van der Waals surface area contributed by atoms with E-state index in [1.165, 1.54) is 17.0 Å². The first-order valence-corrected chi connectivity index (χ1v) is 9.44. The summed E-state index contributed by atoms with van der Waals surface area (Å²) in [6, 6.07) is 7.39. The van der Waals surface area contributed by atoms with E-state index in [9.17, 15) is 9.59 Å². The molecule has 3 aromatic rings. The van der Waals surface area contributed by atoms with Gasteiger partial charge in [0, 0.05) is 12.7 Å². The maximum atomic E-state index is 12.9. The zero-order valence-electron chi connectivity index (χ0n) is 17.4. The first-order valence-electron chi connectivity index (χ1n) is 9.44. The normalized spacial score (nSPS) is 10.5. The molecule has 30 heavy (non-hydrogen) atoms. The van der Waals surface area contributed by atoms with Crippen LogP contribution in [0.1, 0.15) is 27.3 Å². The third-order valence-electron chi connectivity index (χ3n) is 4.73. The molecule has 0 spiro atoms. The molecule has 0 fully saturated rings. The highest BCUT2D eigenvalue weighted by atomic mass is 16.5. The van der Waals surface area contributed by atoms with Crippen LogP contribution >= 0.6 is 0 Å². The molecular formula is C22H24N4O4. The number of aromatic nitrogens is 3. The first-order chi connectivity index (χ1) is 14.4. The van der Waals surface area contributed by atoms with Crippen LogP contribution < -0.4 is 20.3 Å². The van der Waals surface area contributed by atoms with Crippen molar-refractivity contribution in [3.63, 3.8) is 0 Å². The first kappa shape index (κ1) is 21.0. The van der Waals surface area contributed by atoms with Gasteiger partial charge in [0.1, 0.15) is 11.4 Å². The van der Waals surface area contributed by atoms with E-state index in [1.807, 2.05) is 18.2 Å². The van der Waals surface area contributed by atoms with Crippen molar-refractivity contribution < 1.29 is 14.3 Å². The Balaban J connectivity index is 1.79. The Morgan fingerprint density at radius 1 is 1.07 bits per heavy atom. The zero-order chi connectivity index (χ0) is 21.7. The number of carbonyl (C=O) groups is 1. The van der Waals surface area contributed by atoms with Crippen LogP contribution in [0, 0.1) is 13.8 Å². The summed E-state index contributed by atoms with van der Waals surface area (Å²) in [7, 11) is 3.16. The summed E-state index contributed by atoms with van der Waals surface area (Å²) in [4.78, 5) is 33.8. The predicted molar refractivity (Wildman–Crippen MR) is 113 cm³/mol. The lowest BCUT2D eigenvalue weighted by Crippen LogP contribution is -2.30. The average Bonchev–Trinajstić information content (AvgIpc) is 2.74. The van der Waals surface area contributed by atoms with Gasteiger partial charge in [-0.05, 0) is 49.6 Å². The van der Waals surface area contributed by atoms with E-state index >= 15 is 0 Å². The second-order valence-corrected chi connectivity index (χ2v) is 6.78. The SMILES string of the molecule is COc1ccc(CCn2ccc(C)c(C(=O)Nc3cnc(C)nc3)c2=O)cc1OC. The molecule has 0 aliphatic rings. The van der Waals surface area contributed by atoms with Gasteiger partial charge < -0.3 is 19.4 Å². The van der Waals surface area contributed by atoms with Crippen molar-refractivity contribution in [2.45, 2.75) is 26.8 Å². The fourth-order valence-electron chi connectivity index (χ4n) is 3.05. The topological polar surface area (TPSA) is 95.3 Å². The lowest BCUT2D eigenvalue weighted by molar-refractivity contribution is 0.102. The Hall–Kier alpha value is -3.68. The van der Waals surface area contributed by atoms with E-state index in [-0.39, 0.29) is 11.1 Å². The molecule has 0 saturated carbocycles. The van der Waals surface area contributed by atoms with Crippen molar-refractivity contribution in [1.82, 2.24) is 14.5 Å². The maximum Gasteiger partial charge on any atom is 0.263 e. The summed E-state index contributed by atoms with van der Waals surface area (Å²) in [5.74, 6) is 1.39. The number of anilines is 1. The second kappa shape index (κ2) is 9.21. The molecule has 0 aliphatic carbocycles. The van der Waals surface area contributed by atoms with Crippen LogP contribution in [0.15, 0.2) is 47.7 Å². The average molecular weight is 408 g/mol. The highest BCUT2D eigenvalue weighted by molar-refractivity contribution is 6.04. The van der Waals surface area contributed by atoms with E-state index in [0.717, 1.165) is 5.56 Å². The molecule has 2 aromatic heterocycles. The van der Waals surface area contributed by atoms with Crippen molar-refractivity contribution in [1.29, 1.82) is 0 Å². The standard InChI is InChI=1S/C22H24N4O4/c1-14-7-9-26(10-8-16-5-6-18(29-3)19(11-16)30-4)22(28)20(14)21(27)25-17-12-23-15(2)24-13-17/h5-7,9,11-13H,8,10H2,1-4H3,(H,25,27). The van der Waals surface area contributed by atoms with Gasteiger partial charge in [0.15, 0.2) is 11.5 Å². The molecule has 1 aromatic carbocycles. The molecule has 0 unspecified atom stereocenters. The van der Waals surface area contributed by atoms with Gasteiger partial charge in [-0.3, -0.25) is 9.59 Å². The number of aryl methyl sites for hydroxylation is 4. The van der Waals surface area contributed by atoms with Crippen molar-refractivity contribution >= 4 is 11.6 Å². The minimum absolute atomic E-state index is 0.102. The number of nitrogens with one attached hydrogen (secondary N) is 1. The van der Waals surface area contributed by atoms with Gasteiger partial charge in [0.05, 0.1) is 32.3 Å². The van der Waals surface area contributed by atoms with Crippen molar-refractivity contribution in [3.8, 4) is 11.5 Å². The number of hydrogen-bond donors (Lipinski definition) is 1. The number of methoxy groups -OCH3 is 2. The highest BCUT2D eigenvalue weighted by Crippen LogP contribution is 2.27. The number of ether oxygens (including phenoxy) is 2. The Kier molecular flexibility index (Phi) is 6.46. The fraction of sp³-hybridized carbons (Fsp3) is 0.273. The van der Waals surface area contributed by atoms with Crippen LogP contribution in [0.25, 0.3) is 0 Å². The molecule has 0 saturated heterocycles. The Morgan fingerprint density at radius 2 is 1.77 bits per heavy atom. The quantitative estimate of drug-likeness (QED) is 0.646. The summed E-state index contributed by atoms with van der Waals surface area (Å²) >= 11 is 0. The highest BCUT2D eigenvalue weighted by Gasteiger charge is 2.16. The molecule has 156 valence electrons. The number of amides is 1. The van der Waals surface area contributed by atoms with E-state index in [2.05, 4.69) is 15.3 Å². The predicted octanol–water partition coefficient (Wildman–Crippen LogP) is 2.77.